The number of rotatable bonds is 3. The maximum atomic E-state index is 13.6. The Morgan fingerprint density at radius 2 is 1.78 bits per heavy atom. The maximum absolute atomic E-state index is 13.6. The van der Waals surface area contributed by atoms with Gasteiger partial charge in [-0.25, -0.2) is 14.4 Å². The molecule has 0 amide bonds. The van der Waals surface area contributed by atoms with Crippen LogP contribution in [0.4, 0.5) is 10.2 Å². The third-order valence-corrected chi connectivity index (χ3v) is 2.78. The van der Waals surface area contributed by atoms with Crippen LogP contribution in [0, 0.1) is 19.7 Å². The van der Waals surface area contributed by atoms with E-state index in [4.69, 9.17) is 0 Å². The van der Waals surface area contributed by atoms with Gasteiger partial charge in [0.1, 0.15) is 5.82 Å². The molecule has 0 aliphatic rings. The summed E-state index contributed by atoms with van der Waals surface area (Å²) >= 11 is 0. The molecule has 0 saturated heterocycles. The minimum Gasteiger partial charge on any atom is -0.371 e. The average Bonchev–Trinajstić information content (AvgIpc) is 2.36. The fraction of sp³-hybridized carbons (Fsp3) is 0.286. The zero-order valence-electron chi connectivity index (χ0n) is 10.8. The highest BCUT2D eigenvalue weighted by Crippen LogP contribution is 2.15. The first kappa shape index (κ1) is 12.5. The van der Waals surface area contributed by atoms with Gasteiger partial charge in [-0.3, -0.25) is 0 Å². The molecular formula is C14H16FN3. The van der Waals surface area contributed by atoms with E-state index in [0.717, 1.165) is 5.56 Å². The highest BCUT2D eigenvalue weighted by atomic mass is 19.1. The van der Waals surface area contributed by atoms with Crippen LogP contribution in [0.3, 0.4) is 0 Å². The van der Waals surface area contributed by atoms with Gasteiger partial charge in [-0.1, -0.05) is 29.8 Å². The van der Waals surface area contributed by atoms with Crippen molar-refractivity contribution in [3.63, 3.8) is 0 Å². The minimum atomic E-state index is -0.384. The molecule has 1 aromatic heterocycles. The first-order chi connectivity index (χ1) is 8.60. The molecular weight excluding hydrogens is 229 g/mol. The second-order valence-electron chi connectivity index (χ2n) is 4.30. The van der Waals surface area contributed by atoms with Crippen molar-refractivity contribution >= 4 is 5.82 Å². The van der Waals surface area contributed by atoms with Crippen LogP contribution in [0.25, 0.3) is 0 Å². The van der Waals surface area contributed by atoms with Crippen LogP contribution >= 0.6 is 0 Å². The van der Waals surface area contributed by atoms with Crippen molar-refractivity contribution in [3.05, 3.63) is 52.7 Å². The molecule has 0 atom stereocenters. The number of halogens is 1. The van der Waals surface area contributed by atoms with Crippen molar-refractivity contribution < 1.29 is 4.39 Å². The number of hydrogen-bond donors (Lipinski definition) is 1. The molecule has 2 aromatic rings. The van der Waals surface area contributed by atoms with E-state index in [2.05, 4.69) is 15.3 Å². The number of aromatic nitrogens is 2. The quantitative estimate of drug-likeness (QED) is 0.903. The Kier molecular flexibility index (Phi) is 3.55. The fourth-order valence-electron chi connectivity index (χ4n) is 1.75. The number of hydrogen-bond acceptors (Lipinski definition) is 3. The normalized spacial score (nSPS) is 10.4. The number of nitrogens with one attached hydrogen (secondary N) is 1. The summed E-state index contributed by atoms with van der Waals surface area (Å²) in [5.41, 5.74) is 2.70. The van der Waals surface area contributed by atoms with Gasteiger partial charge in [0, 0.05) is 13.5 Å². The Balaban J connectivity index is 2.29. The molecule has 4 heteroatoms. The lowest BCUT2D eigenvalue weighted by molar-refractivity contribution is 0.602. The van der Waals surface area contributed by atoms with Crippen LogP contribution in [-0.4, -0.2) is 17.0 Å². The first-order valence-electron chi connectivity index (χ1n) is 5.86. The van der Waals surface area contributed by atoms with Crippen molar-refractivity contribution in [1.82, 2.24) is 9.97 Å². The van der Waals surface area contributed by atoms with Crippen LogP contribution in [0.1, 0.15) is 22.6 Å². The highest BCUT2D eigenvalue weighted by Gasteiger charge is 2.10. The smallest absolute Gasteiger partial charge is 0.186 e. The van der Waals surface area contributed by atoms with Crippen molar-refractivity contribution in [2.45, 2.75) is 20.3 Å². The standard InChI is InChI=1S/C14H16FN3/c1-9-4-6-11(7-5-9)8-12-17-10(2)13(15)14(16-3)18-12/h4-7H,8H2,1-3H3,(H,16,17,18). The Morgan fingerprint density at radius 1 is 1.11 bits per heavy atom. The molecule has 0 radical (unpaired) electrons. The summed E-state index contributed by atoms with van der Waals surface area (Å²) in [6.45, 7) is 3.69. The molecule has 0 saturated carbocycles. The minimum absolute atomic E-state index is 0.254. The average molecular weight is 245 g/mol. The highest BCUT2D eigenvalue weighted by molar-refractivity contribution is 5.38. The van der Waals surface area contributed by atoms with Gasteiger partial charge < -0.3 is 5.32 Å². The second kappa shape index (κ2) is 5.12. The summed E-state index contributed by atoms with van der Waals surface area (Å²) in [6, 6.07) is 8.17. The predicted octanol–water partition coefficient (Wildman–Crippen LogP) is 2.87. The number of anilines is 1. The zero-order chi connectivity index (χ0) is 13.1. The molecule has 0 unspecified atom stereocenters. The number of nitrogens with zero attached hydrogens (tertiary/aromatic N) is 2. The molecule has 0 fully saturated rings. The van der Waals surface area contributed by atoms with Gasteiger partial charge >= 0.3 is 0 Å². The zero-order valence-corrected chi connectivity index (χ0v) is 10.8. The molecule has 18 heavy (non-hydrogen) atoms. The van der Waals surface area contributed by atoms with Crippen LogP contribution in [0.15, 0.2) is 24.3 Å². The molecule has 1 aromatic carbocycles. The summed E-state index contributed by atoms with van der Waals surface area (Å²) in [4.78, 5) is 8.35. The molecule has 3 nitrogen and oxygen atoms in total. The molecule has 94 valence electrons. The summed E-state index contributed by atoms with van der Waals surface area (Å²) in [6.07, 6.45) is 0.607. The molecule has 0 spiro atoms. The van der Waals surface area contributed by atoms with Gasteiger partial charge in [-0.2, -0.15) is 0 Å². The molecule has 0 aliphatic heterocycles. The van der Waals surface area contributed by atoms with Gasteiger partial charge in [-0.05, 0) is 19.4 Å². The van der Waals surface area contributed by atoms with Gasteiger partial charge in [-0.15, -0.1) is 0 Å². The molecule has 0 bridgehead atoms. The van der Waals surface area contributed by atoms with Gasteiger partial charge in [0.05, 0.1) is 5.69 Å². The third-order valence-electron chi connectivity index (χ3n) is 2.78. The number of aryl methyl sites for hydroxylation is 2. The Hall–Kier alpha value is -1.97. The molecule has 2 rings (SSSR count). The second-order valence-corrected chi connectivity index (χ2v) is 4.30. The largest absolute Gasteiger partial charge is 0.371 e. The summed E-state index contributed by atoms with van der Waals surface area (Å²) in [5.74, 6) is 0.497. The first-order valence-corrected chi connectivity index (χ1v) is 5.86. The van der Waals surface area contributed by atoms with Crippen molar-refractivity contribution in [2.24, 2.45) is 0 Å². The van der Waals surface area contributed by atoms with E-state index in [1.165, 1.54) is 5.56 Å². The van der Waals surface area contributed by atoms with E-state index >= 15 is 0 Å². The van der Waals surface area contributed by atoms with Crippen molar-refractivity contribution in [1.29, 1.82) is 0 Å². The Morgan fingerprint density at radius 3 is 2.39 bits per heavy atom. The Bertz CT molecular complexity index is 550. The Labute approximate surface area is 106 Å². The molecule has 0 aliphatic carbocycles. The van der Waals surface area contributed by atoms with E-state index < -0.39 is 0 Å². The van der Waals surface area contributed by atoms with E-state index in [1.807, 2.05) is 31.2 Å². The van der Waals surface area contributed by atoms with E-state index in [-0.39, 0.29) is 11.6 Å². The third kappa shape index (κ3) is 2.64. The van der Waals surface area contributed by atoms with Gasteiger partial charge in [0.25, 0.3) is 0 Å². The lowest BCUT2D eigenvalue weighted by atomic mass is 10.1. The lowest BCUT2D eigenvalue weighted by Gasteiger charge is -2.07. The van der Waals surface area contributed by atoms with Gasteiger partial charge in [0.15, 0.2) is 11.6 Å². The predicted molar refractivity (Wildman–Crippen MR) is 70.3 cm³/mol. The van der Waals surface area contributed by atoms with Crippen molar-refractivity contribution in [3.8, 4) is 0 Å². The van der Waals surface area contributed by atoms with E-state index in [1.54, 1.807) is 14.0 Å². The van der Waals surface area contributed by atoms with Crippen LogP contribution in [0.2, 0.25) is 0 Å². The van der Waals surface area contributed by atoms with Gasteiger partial charge in [0.2, 0.25) is 0 Å². The SMILES string of the molecule is CNc1nc(Cc2ccc(C)cc2)nc(C)c1F. The van der Waals surface area contributed by atoms with Crippen LogP contribution in [0.5, 0.6) is 0 Å². The topological polar surface area (TPSA) is 37.8 Å². The summed E-state index contributed by atoms with van der Waals surface area (Å²) in [7, 11) is 1.65. The molecule has 1 N–H and O–H groups in total. The van der Waals surface area contributed by atoms with Crippen LogP contribution < -0.4 is 5.32 Å². The van der Waals surface area contributed by atoms with E-state index in [0.29, 0.717) is 17.9 Å². The lowest BCUT2D eigenvalue weighted by Crippen LogP contribution is -2.06. The fourth-order valence-corrected chi connectivity index (χ4v) is 1.75. The summed E-state index contributed by atoms with van der Waals surface area (Å²) < 4.78 is 13.6. The van der Waals surface area contributed by atoms with Crippen molar-refractivity contribution in [2.75, 3.05) is 12.4 Å². The van der Waals surface area contributed by atoms with Crippen LogP contribution in [-0.2, 0) is 6.42 Å². The molecule has 1 heterocycles. The van der Waals surface area contributed by atoms with E-state index in [9.17, 15) is 4.39 Å². The number of benzene rings is 1. The monoisotopic (exact) mass is 245 g/mol. The maximum Gasteiger partial charge on any atom is 0.186 e. The summed E-state index contributed by atoms with van der Waals surface area (Å²) in [5, 5.41) is 2.75.